The monoisotopic (exact) mass is 339 g/mol. The molecule has 0 amide bonds. The maximum absolute atomic E-state index is 5.36. The summed E-state index contributed by atoms with van der Waals surface area (Å²) in [5.74, 6) is 0.778. The van der Waals surface area contributed by atoms with Crippen LogP contribution in [0.5, 0.6) is 0 Å². The van der Waals surface area contributed by atoms with Crippen molar-refractivity contribution in [1.82, 2.24) is 29.7 Å². The van der Waals surface area contributed by atoms with Crippen molar-refractivity contribution in [3.63, 3.8) is 0 Å². The van der Waals surface area contributed by atoms with Crippen LogP contribution in [0.15, 0.2) is 31.0 Å². The Bertz CT molecular complexity index is 872. The number of methoxy groups -OCH3 is 1. The Kier molecular flexibility index (Phi) is 4.29. The van der Waals surface area contributed by atoms with Crippen molar-refractivity contribution in [2.75, 3.05) is 25.5 Å². The van der Waals surface area contributed by atoms with Gasteiger partial charge in [0.15, 0.2) is 5.65 Å². The molecule has 2 N–H and O–H groups in total. The highest BCUT2D eigenvalue weighted by atomic mass is 16.5. The van der Waals surface area contributed by atoms with Crippen molar-refractivity contribution in [2.24, 2.45) is 0 Å². The molecule has 4 heterocycles. The lowest BCUT2D eigenvalue weighted by atomic mass is 10.2. The van der Waals surface area contributed by atoms with Gasteiger partial charge in [0.25, 0.3) is 0 Å². The molecule has 8 heteroatoms. The Morgan fingerprint density at radius 2 is 2.20 bits per heavy atom. The lowest BCUT2D eigenvalue weighted by Crippen LogP contribution is -2.22. The summed E-state index contributed by atoms with van der Waals surface area (Å²) in [4.78, 5) is 17.9. The van der Waals surface area contributed by atoms with Crippen LogP contribution in [0.2, 0.25) is 0 Å². The summed E-state index contributed by atoms with van der Waals surface area (Å²) < 4.78 is 7.34. The molecule has 0 saturated carbocycles. The van der Waals surface area contributed by atoms with Gasteiger partial charge < -0.3 is 15.4 Å². The molecule has 130 valence electrons. The van der Waals surface area contributed by atoms with E-state index < -0.39 is 0 Å². The van der Waals surface area contributed by atoms with Gasteiger partial charge in [0.05, 0.1) is 42.3 Å². The smallest absolute Gasteiger partial charge is 0.155 e. The van der Waals surface area contributed by atoms with E-state index in [1.54, 1.807) is 31.9 Å². The topological polar surface area (TPSA) is 89.3 Å². The van der Waals surface area contributed by atoms with Gasteiger partial charge in [-0.2, -0.15) is 0 Å². The summed E-state index contributed by atoms with van der Waals surface area (Å²) in [7, 11) is 1.67. The van der Waals surface area contributed by atoms with Gasteiger partial charge in [-0.15, -0.1) is 0 Å². The van der Waals surface area contributed by atoms with Crippen LogP contribution in [0.3, 0.4) is 0 Å². The molecule has 0 bridgehead atoms. The number of hydrogen-bond donors (Lipinski definition) is 2. The van der Waals surface area contributed by atoms with Crippen molar-refractivity contribution in [2.45, 2.75) is 25.5 Å². The highest BCUT2D eigenvalue weighted by Crippen LogP contribution is 2.22. The molecule has 1 aliphatic rings. The van der Waals surface area contributed by atoms with Crippen molar-refractivity contribution in [1.29, 1.82) is 0 Å². The van der Waals surface area contributed by atoms with Crippen LogP contribution in [-0.4, -0.2) is 50.6 Å². The molecule has 0 spiro atoms. The molecule has 4 rings (SSSR count). The van der Waals surface area contributed by atoms with E-state index in [4.69, 9.17) is 9.72 Å². The van der Waals surface area contributed by atoms with Crippen LogP contribution in [0.1, 0.15) is 25.1 Å². The van der Waals surface area contributed by atoms with Gasteiger partial charge in [0.2, 0.25) is 0 Å². The third-order valence-corrected chi connectivity index (χ3v) is 4.50. The van der Waals surface area contributed by atoms with Gasteiger partial charge in [-0.25, -0.2) is 9.97 Å². The van der Waals surface area contributed by atoms with E-state index in [1.165, 1.54) is 0 Å². The number of hydrogen-bond acceptors (Lipinski definition) is 7. The van der Waals surface area contributed by atoms with Crippen molar-refractivity contribution >= 4 is 11.5 Å². The van der Waals surface area contributed by atoms with E-state index >= 15 is 0 Å². The minimum Gasteiger partial charge on any atom is -0.375 e. The van der Waals surface area contributed by atoms with Gasteiger partial charge in [0, 0.05) is 25.9 Å². The summed E-state index contributed by atoms with van der Waals surface area (Å²) in [5, 5.41) is 6.77. The first-order chi connectivity index (χ1) is 12.2. The SMILES string of the molecule is COC(C)c1cn2c(-c3cncc(NC4CCNC4)n3)cnc2cn1. The Balaban J connectivity index is 1.68. The fraction of sp³-hybridized carbons (Fsp3) is 0.412. The standard InChI is InChI=1S/C17H21N7O/c1-11(25-2)14-10-24-15(7-21-17(24)9-20-14)13-6-19-8-16(23-13)22-12-3-4-18-5-12/h6-12,18H,3-5H2,1-2H3,(H,22,23). The van der Waals surface area contributed by atoms with E-state index in [-0.39, 0.29) is 6.10 Å². The van der Waals surface area contributed by atoms with Crippen LogP contribution in [-0.2, 0) is 4.74 Å². The molecule has 0 radical (unpaired) electrons. The maximum atomic E-state index is 5.36. The number of nitrogens with one attached hydrogen (secondary N) is 2. The second-order valence-electron chi connectivity index (χ2n) is 6.19. The van der Waals surface area contributed by atoms with E-state index in [2.05, 4.69) is 25.6 Å². The molecule has 2 unspecified atom stereocenters. The number of ether oxygens (including phenoxy) is 1. The normalized spacial score (nSPS) is 18.6. The Morgan fingerprint density at radius 1 is 1.28 bits per heavy atom. The van der Waals surface area contributed by atoms with Crippen LogP contribution in [0.25, 0.3) is 17.0 Å². The first-order valence-corrected chi connectivity index (χ1v) is 8.40. The lowest BCUT2D eigenvalue weighted by Gasteiger charge is -2.12. The summed E-state index contributed by atoms with van der Waals surface area (Å²) in [6.07, 6.45) is 9.98. The van der Waals surface area contributed by atoms with Crippen LogP contribution in [0.4, 0.5) is 5.82 Å². The van der Waals surface area contributed by atoms with E-state index in [0.717, 1.165) is 48.1 Å². The van der Waals surface area contributed by atoms with E-state index in [0.29, 0.717) is 6.04 Å². The summed E-state index contributed by atoms with van der Waals surface area (Å²) in [6, 6.07) is 0.394. The molecule has 25 heavy (non-hydrogen) atoms. The minimum absolute atomic E-state index is 0.0893. The maximum Gasteiger partial charge on any atom is 0.155 e. The Hall–Kier alpha value is -2.58. The molecule has 1 aliphatic heterocycles. The Labute approximate surface area is 145 Å². The summed E-state index contributed by atoms with van der Waals surface area (Å²) in [5.41, 5.74) is 3.25. The first kappa shape index (κ1) is 15.9. The minimum atomic E-state index is -0.0893. The summed E-state index contributed by atoms with van der Waals surface area (Å²) in [6.45, 7) is 3.95. The van der Waals surface area contributed by atoms with Gasteiger partial charge in [-0.05, 0) is 19.9 Å². The predicted molar refractivity (Wildman–Crippen MR) is 94.3 cm³/mol. The van der Waals surface area contributed by atoms with E-state index in [1.807, 2.05) is 17.5 Å². The molecule has 0 aliphatic carbocycles. The third kappa shape index (κ3) is 3.18. The molecular weight excluding hydrogens is 318 g/mol. The fourth-order valence-corrected chi connectivity index (χ4v) is 2.97. The number of anilines is 1. The van der Waals surface area contributed by atoms with Crippen molar-refractivity contribution < 1.29 is 4.74 Å². The molecule has 0 aromatic carbocycles. The van der Waals surface area contributed by atoms with Gasteiger partial charge in [0.1, 0.15) is 11.5 Å². The number of nitrogens with zero attached hydrogens (tertiary/aromatic N) is 5. The quantitative estimate of drug-likeness (QED) is 0.731. The first-order valence-electron chi connectivity index (χ1n) is 8.40. The molecule has 3 aromatic heterocycles. The number of imidazole rings is 1. The molecule has 1 fully saturated rings. The van der Waals surface area contributed by atoms with Gasteiger partial charge >= 0.3 is 0 Å². The molecule has 8 nitrogen and oxygen atoms in total. The second-order valence-corrected chi connectivity index (χ2v) is 6.19. The zero-order chi connectivity index (χ0) is 17.2. The van der Waals surface area contributed by atoms with Crippen molar-refractivity contribution in [3.05, 3.63) is 36.7 Å². The highest BCUT2D eigenvalue weighted by Gasteiger charge is 2.16. The predicted octanol–water partition coefficient (Wildman–Crippen LogP) is 1.67. The lowest BCUT2D eigenvalue weighted by molar-refractivity contribution is 0.115. The van der Waals surface area contributed by atoms with Gasteiger partial charge in [-0.1, -0.05) is 0 Å². The highest BCUT2D eigenvalue weighted by molar-refractivity contribution is 5.60. The van der Waals surface area contributed by atoms with E-state index in [9.17, 15) is 0 Å². The van der Waals surface area contributed by atoms with Crippen LogP contribution in [0, 0.1) is 0 Å². The molecule has 3 aromatic rings. The molecular formula is C17H21N7O. The van der Waals surface area contributed by atoms with Crippen LogP contribution < -0.4 is 10.6 Å². The fourth-order valence-electron chi connectivity index (χ4n) is 2.97. The number of rotatable bonds is 5. The average molecular weight is 339 g/mol. The number of fused-ring (bicyclic) bond motifs is 1. The van der Waals surface area contributed by atoms with Gasteiger partial charge in [-0.3, -0.25) is 14.4 Å². The zero-order valence-electron chi connectivity index (χ0n) is 14.3. The average Bonchev–Trinajstić information content (AvgIpc) is 3.30. The second kappa shape index (κ2) is 6.73. The number of aromatic nitrogens is 5. The zero-order valence-corrected chi connectivity index (χ0v) is 14.3. The van der Waals surface area contributed by atoms with Crippen LogP contribution >= 0.6 is 0 Å². The summed E-state index contributed by atoms with van der Waals surface area (Å²) >= 11 is 0. The molecule has 2 atom stereocenters. The molecule has 1 saturated heterocycles. The third-order valence-electron chi connectivity index (χ3n) is 4.50. The Morgan fingerprint density at radius 3 is 3.00 bits per heavy atom. The van der Waals surface area contributed by atoms with Crippen molar-refractivity contribution in [3.8, 4) is 11.4 Å². The largest absolute Gasteiger partial charge is 0.375 e.